The molecule has 0 bridgehead atoms. The van der Waals surface area contributed by atoms with Crippen molar-refractivity contribution >= 4 is 11.9 Å². The van der Waals surface area contributed by atoms with Crippen molar-refractivity contribution in [3.63, 3.8) is 0 Å². The van der Waals surface area contributed by atoms with Crippen LogP contribution in [0.15, 0.2) is 24.3 Å². The van der Waals surface area contributed by atoms with Crippen molar-refractivity contribution in [3.05, 3.63) is 29.8 Å². The average Bonchev–Trinajstić information content (AvgIpc) is 2.52. The Morgan fingerprint density at radius 2 is 1.79 bits per heavy atom. The number of esters is 1. The van der Waals surface area contributed by atoms with Gasteiger partial charge in [-0.25, -0.2) is 4.79 Å². The first kappa shape index (κ1) is 19.5. The minimum atomic E-state index is -0.940. The van der Waals surface area contributed by atoms with Gasteiger partial charge < -0.3 is 14.8 Å². The molecule has 1 N–H and O–H groups in total. The maximum Gasteiger partial charge on any atom is 0.338 e. The SMILES string of the molecule is CC(C)OC(=O)c1ccc(OCC(=O)NC(C)(C#N)C(C)C)cc1. The van der Waals surface area contributed by atoms with E-state index in [-0.39, 0.29) is 24.5 Å². The summed E-state index contributed by atoms with van der Waals surface area (Å²) in [6.07, 6.45) is -0.187. The summed E-state index contributed by atoms with van der Waals surface area (Å²) in [6.45, 7) is 8.74. The average molecular weight is 332 g/mol. The van der Waals surface area contributed by atoms with Crippen LogP contribution in [0, 0.1) is 17.2 Å². The number of hydrogen-bond donors (Lipinski definition) is 1. The lowest BCUT2D eigenvalue weighted by atomic mass is 9.90. The van der Waals surface area contributed by atoms with Crippen molar-refractivity contribution < 1.29 is 19.1 Å². The molecule has 1 atom stereocenters. The summed E-state index contributed by atoms with van der Waals surface area (Å²) in [5.74, 6) is -0.362. The van der Waals surface area contributed by atoms with Crippen LogP contribution < -0.4 is 10.1 Å². The summed E-state index contributed by atoms with van der Waals surface area (Å²) >= 11 is 0. The fourth-order valence-electron chi connectivity index (χ4n) is 1.75. The zero-order chi connectivity index (χ0) is 18.3. The Balaban J connectivity index is 2.58. The van der Waals surface area contributed by atoms with Crippen molar-refractivity contribution in [1.82, 2.24) is 5.32 Å². The van der Waals surface area contributed by atoms with Crippen LogP contribution in [0.1, 0.15) is 45.0 Å². The summed E-state index contributed by atoms with van der Waals surface area (Å²) in [4.78, 5) is 23.7. The van der Waals surface area contributed by atoms with E-state index in [0.717, 1.165) is 0 Å². The zero-order valence-electron chi connectivity index (χ0n) is 14.8. The fraction of sp³-hybridized carbons (Fsp3) is 0.500. The van der Waals surface area contributed by atoms with Crippen molar-refractivity contribution in [1.29, 1.82) is 5.26 Å². The molecule has 0 spiro atoms. The van der Waals surface area contributed by atoms with Gasteiger partial charge in [0.25, 0.3) is 5.91 Å². The summed E-state index contributed by atoms with van der Waals surface area (Å²) in [5, 5.41) is 11.9. The Bertz CT molecular complexity index is 617. The van der Waals surface area contributed by atoms with Gasteiger partial charge >= 0.3 is 5.97 Å². The van der Waals surface area contributed by atoms with Crippen LogP contribution in [0.4, 0.5) is 0 Å². The van der Waals surface area contributed by atoms with Gasteiger partial charge in [0.2, 0.25) is 0 Å². The minimum Gasteiger partial charge on any atom is -0.484 e. The van der Waals surface area contributed by atoms with Gasteiger partial charge in [-0.2, -0.15) is 5.26 Å². The van der Waals surface area contributed by atoms with Crippen LogP contribution in [0.5, 0.6) is 5.75 Å². The van der Waals surface area contributed by atoms with Gasteiger partial charge in [0, 0.05) is 0 Å². The number of carbonyl (C=O) groups is 2. The number of benzene rings is 1. The maximum atomic E-state index is 11.9. The van der Waals surface area contributed by atoms with E-state index >= 15 is 0 Å². The molecule has 130 valence electrons. The normalized spacial score (nSPS) is 13.1. The van der Waals surface area contributed by atoms with Crippen LogP contribution in [-0.4, -0.2) is 30.1 Å². The molecule has 0 fully saturated rings. The first-order chi connectivity index (χ1) is 11.2. The van der Waals surface area contributed by atoms with E-state index in [9.17, 15) is 14.9 Å². The lowest BCUT2D eigenvalue weighted by Gasteiger charge is -2.27. The van der Waals surface area contributed by atoms with Gasteiger partial charge in [-0.1, -0.05) is 13.8 Å². The number of hydrogen-bond acceptors (Lipinski definition) is 5. The van der Waals surface area contributed by atoms with Crippen LogP contribution >= 0.6 is 0 Å². The molecule has 1 rings (SSSR count). The van der Waals surface area contributed by atoms with Gasteiger partial charge in [-0.05, 0) is 51.0 Å². The number of carbonyl (C=O) groups excluding carboxylic acids is 2. The number of nitriles is 1. The highest BCUT2D eigenvalue weighted by atomic mass is 16.5. The van der Waals surface area contributed by atoms with E-state index in [4.69, 9.17) is 9.47 Å². The predicted octanol–water partition coefficient (Wildman–Crippen LogP) is 2.69. The van der Waals surface area contributed by atoms with Gasteiger partial charge in [-0.3, -0.25) is 4.79 Å². The van der Waals surface area contributed by atoms with E-state index in [1.54, 1.807) is 45.0 Å². The van der Waals surface area contributed by atoms with E-state index in [0.29, 0.717) is 11.3 Å². The van der Waals surface area contributed by atoms with E-state index in [2.05, 4.69) is 11.4 Å². The second kappa shape index (κ2) is 8.34. The van der Waals surface area contributed by atoms with Crippen LogP contribution in [-0.2, 0) is 9.53 Å². The number of nitrogens with one attached hydrogen (secondary N) is 1. The number of rotatable bonds is 7. The standard InChI is InChI=1S/C18H24N2O4/c1-12(2)18(5,11-19)20-16(21)10-23-15-8-6-14(7-9-15)17(22)24-13(3)4/h6-9,12-13H,10H2,1-5H3,(H,20,21). The van der Waals surface area contributed by atoms with Crippen molar-refractivity contribution in [2.75, 3.05) is 6.61 Å². The molecular formula is C18H24N2O4. The lowest BCUT2D eigenvalue weighted by Crippen LogP contribution is -2.50. The molecule has 1 aromatic carbocycles. The Hall–Kier alpha value is -2.55. The lowest BCUT2D eigenvalue weighted by molar-refractivity contribution is -0.124. The Morgan fingerprint density at radius 3 is 2.25 bits per heavy atom. The number of ether oxygens (including phenoxy) is 2. The summed E-state index contributed by atoms with van der Waals surface area (Å²) in [6, 6.07) is 8.44. The first-order valence-electron chi connectivity index (χ1n) is 7.84. The third-order valence-electron chi connectivity index (χ3n) is 3.59. The molecule has 0 aromatic heterocycles. The Morgan fingerprint density at radius 1 is 1.21 bits per heavy atom. The largest absolute Gasteiger partial charge is 0.484 e. The van der Waals surface area contributed by atoms with Gasteiger partial charge in [0.1, 0.15) is 11.3 Å². The second-order valence-corrected chi connectivity index (χ2v) is 6.28. The highest BCUT2D eigenvalue weighted by Gasteiger charge is 2.29. The quantitative estimate of drug-likeness (QED) is 0.776. The highest BCUT2D eigenvalue weighted by molar-refractivity contribution is 5.89. The van der Waals surface area contributed by atoms with E-state index < -0.39 is 11.5 Å². The summed E-state index contributed by atoms with van der Waals surface area (Å²) in [5.41, 5.74) is -0.525. The molecule has 24 heavy (non-hydrogen) atoms. The van der Waals surface area contributed by atoms with Gasteiger partial charge in [0.15, 0.2) is 6.61 Å². The van der Waals surface area contributed by atoms with Crippen molar-refractivity contribution in [2.24, 2.45) is 5.92 Å². The smallest absolute Gasteiger partial charge is 0.338 e. The molecular weight excluding hydrogens is 308 g/mol. The fourth-order valence-corrected chi connectivity index (χ4v) is 1.75. The topological polar surface area (TPSA) is 88.4 Å². The molecule has 0 saturated carbocycles. The molecule has 1 unspecified atom stereocenters. The van der Waals surface area contributed by atoms with Crippen molar-refractivity contribution in [3.8, 4) is 11.8 Å². The molecule has 1 aromatic rings. The van der Waals surface area contributed by atoms with Gasteiger partial charge in [0.05, 0.1) is 17.7 Å². The predicted molar refractivity (Wildman–Crippen MR) is 89.5 cm³/mol. The Labute approximate surface area is 142 Å². The van der Waals surface area contributed by atoms with E-state index in [1.165, 1.54) is 0 Å². The van der Waals surface area contributed by atoms with Crippen molar-refractivity contribution in [2.45, 2.75) is 46.3 Å². The molecule has 0 aliphatic carbocycles. The minimum absolute atomic E-state index is 0.0299. The highest BCUT2D eigenvalue weighted by Crippen LogP contribution is 2.16. The number of nitrogens with zero attached hydrogens (tertiary/aromatic N) is 1. The van der Waals surface area contributed by atoms with E-state index in [1.807, 2.05) is 13.8 Å². The van der Waals surface area contributed by atoms with Crippen LogP contribution in [0.3, 0.4) is 0 Å². The second-order valence-electron chi connectivity index (χ2n) is 6.28. The number of amides is 1. The first-order valence-corrected chi connectivity index (χ1v) is 7.84. The summed E-state index contributed by atoms with van der Waals surface area (Å²) in [7, 11) is 0. The third kappa shape index (κ3) is 5.58. The molecule has 0 radical (unpaired) electrons. The Kier molecular flexibility index (Phi) is 6.78. The molecule has 0 aliphatic rings. The maximum absolute atomic E-state index is 11.9. The van der Waals surface area contributed by atoms with Crippen LogP contribution in [0.2, 0.25) is 0 Å². The third-order valence-corrected chi connectivity index (χ3v) is 3.59. The molecule has 6 nitrogen and oxygen atoms in total. The monoisotopic (exact) mass is 332 g/mol. The molecule has 1 amide bonds. The summed E-state index contributed by atoms with van der Waals surface area (Å²) < 4.78 is 10.5. The molecule has 6 heteroatoms. The molecule has 0 heterocycles. The molecule has 0 saturated heterocycles. The van der Waals surface area contributed by atoms with Gasteiger partial charge in [-0.15, -0.1) is 0 Å². The molecule has 0 aliphatic heterocycles. The zero-order valence-corrected chi connectivity index (χ0v) is 14.8. The van der Waals surface area contributed by atoms with Crippen LogP contribution in [0.25, 0.3) is 0 Å².